The SMILES string of the molecule is CCCN(CCC)C(=O)c1cc(C(=O)N[C@@H](Cc2cc(F)cc(F)c2)[C@H](O)CN(Cc2cccc(OC)c2)C(=O)OC(C)(C)C)cc(/C(C)=N/O)c1.CCCN(CCC)C(=O)c1cc(C(=O)N[C@@H](Cc2cc(F)cc(F)c2)[C@H](O)CNCc2cccc(OC)c2)cc(/C(C)=N/O)c1.CCCN(CCC)C(=O)c1cc(C(C)=O)cc(C(=O)N[C@@H](Cc2cc(F)cc(F)c2)[C@H](O)CN(Cc2cccc(OC)c2)C(=O)OC(C)(C)C)c1. The van der Waals surface area contributed by atoms with Gasteiger partial charge in [-0.3, -0.25) is 33.6 Å². The number of rotatable bonds is 48. The number of halogens is 6. The van der Waals surface area contributed by atoms with Gasteiger partial charge in [-0.05, 0) is 281 Å². The lowest BCUT2D eigenvalue weighted by Gasteiger charge is -2.32. The summed E-state index contributed by atoms with van der Waals surface area (Å²) in [6.45, 7) is 29.1. The van der Waals surface area contributed by atoms with Crippen molar-refractivity contribution >= 4 is 64.8 Å². The Labute approximate surface area is 862 Å². The molecule has 30 nitrogen and oxygen atoms in total. The topological polar surface area (TPSA) is 390 Å². The van der Waals surface area contributed by atoms with Crippen molar-refractivity contribution in [2.24, 2.45) is 10.3 Å². The molecule has 0 aromatic heterocycles. The fourth-order valence-corrected chi connectivity index (χ4v) is 16.1. The minimum absolute atomic E-state index is 0.00224. The number of hydrogen-bond acceptors (Lipinski definition) is 22. The van der Waals surface area contributed by atoms with E-state index in [9.17, 15) is 95.2 Å². The van der Waals surface area contributed by atoms with E-state index in [4.69, 9.17) is 23.7 Å². The maximum absolute atomic E-state index is 14.3. The third-order valence-electron chi connectivity index (χ3n) is 23.1. The fourth-order valence-electron chi connectivity index (χ4n) is 16.1. The summed E-state index contributed by atoms with van der Waals surface area (Å²) in [5.41, 5.74) is 2.83. The third kappa shape index (κ3) is 39.2. The molecule has 9 aromatic rings. The summed E-state index contributed by atoms with van der Waals surface area (Å²) in [6.07, 6.45) is -1.80. The van der Waals surface area contributed by atoms with Gasteiger partial charge in [0.2, 0.25) is 0 Å². The highest BCUT2D eigenvalue weighted by atomic mass is 19.2. The van der Waals surface area contributed by atoms with Crippen molar-refractivity contribution in [2.75, 3.05) is 80.2 Å². The molecule has 36 heteroatoms. The second kappa shape index (κ2) is 58.9. The van der Waals surface area contributed by atoms with Crippen molar-refractivity contribution < 1.29 is 119 Å². The second-order valence-electron chi connectivity index (χ2n) is 38.0. The second-order valence-corrected chi connectivity index (χ2v) is 38.0. The average molecular weight is 2060 g/mol. The number of ketones is 1. The van der Waals surface area contributed by atoms with Crippen LogP contribution in [0.15, 0.2) is 192 Å². The Balaban J connectivity index is 0.000000301. The van der Waals surface area contributed by atoms with E-state index in [-0.39, 0.29) is 143 Å². The smallest absolute Gasteiger partial charge is 0.410 e. The van der Waals surface area contributed by atoms with Gasteiger partial charge in [-0.2, -0.15) is 0 Å². The van der Waals surface area contributed by atoms with Gasteiger partial charge in [-0.25, -0.2) is 35.9 Å². The molecular weight excluding hydrogens is 1920 g/mol. The number of aliphatic hydroxyl groups is 3. The molecule has 9 rings (SSSR count). The predicted molar refractivity (Wildman–Crippen MR) is 553 cm³/mol. The van der Waals surface area contributed by atoms with Crippen LogP contribution in [-0.4, -0.2) is 243 Å². The number of nitrogens with one attached hydrogen (secondary N) is 4. The predicted octanol–water partition coefficient (Wildman–Crippen LogP) is 18.1. The molecule has 0 bridgehead atoms. The number of ether oxygens (including phenoxy) is 5. The largest absolute Gasteiger partial charge is 0.497 e. The van der Waals surface area contributed by atoms with Gasteiger partial charge >= 0.3 is 12.2 Å². The van der Waals surface area contributed by atoms with Gasteiger partial charge in [-0.15, -0.1) is 0 Å². The zero-order valence-corrected chi connectivity index (χ0v) is 87.5. The lowest BCUT2D eigenvalue weighted by atomic mass is 9.98. The summed E-state index contributed by atoms with van der Waals surface area (Å²) >= 11 is 0. The zero-order valence-electron chi connectivity index (χ0n) is 87.5. The number of carbonyl (C=O) groups is 9. The van der Waals surface area contributed by atoms with Gasteiger partial charge in [0.25, 0.3) is 35.4 Å². The van der Waals surface area contributed by atoms with Crippen LogP contribution < -0.4 is 35.5 Å². The average Bonchev–Trinajstić information content (AvgIpc) is 0.813. The maximum atomic E-state index is 14.3. The number of benzene rings is 9. The Hall–Kier alpha value is -14.2. The van der Waals surface area contributed by atoms with Crippen LogP contribution in [0.3, 0.4) is 0 Å². The number of Topliss-reactive ketones (excluding diaryl/α,β-unsaturated/α-hetero) is 1. The van der Waals surface area contributed by atoms with Gasteiger partial charge in [-0.1, -0.05) is 88.3 Å². The number of nitrogens with zero attached hydrogens (tertiary/aromatic N) is 7. The van der Waals surface area contributed by atoms with Crippen LogP contribution in [0.4, 0.5) is 35.9 Å². The Morgan fingerprint density at radius 2 is 0.601 bits per heavy atom. The summed E-state index contributed by atoms with van der Waals surface area (Å²) in [5.74, 6) is -6.55. The third-order valence-corrected chi connectivity index (χ3v) is 23.1. The molecule has 0 spiro atoms. The van der Waals surface area contributed by atoms with Gasteiger partial charge in [0.05, 0.1) is 82.3 Å². The molecule has 0 saturated heterocycles. The van der Waals surface area contributed by atoms with E-state index in [0.717, 1.165) is 60.9 Å². The molecule has 8 amide bonds. The highest BCUT2D eigenvalue weighted by Crippen LogP contribution is 2.28. The quantitative estimate of drug-likeness (QED) is 0.00562. The van der Waals surface area contributed by atoms with E-state index in [1.165, 1.54) is 86.4 Å². The Morgan fingerprint density at radius 3 is 0.878 bits per heavy atom. The molecule has 0 aliphatic carbocycles. The van der Waals surface area contributed by atoms with E-state index in [0.29, 0.717) is 123 Å². The van der Waals surface area contributed by atoms with E-state index in [1.807, 2.05) is 65.8 Å². The summed E-state index contributed by atoms with van der Waals surface area (Å²) in [5, 5.41) is 71.5. The highest BCUT2D eigenvalue weighted by Gasteiger charge is 2.35. The van der Waals surface area contributed by atoms with E-state index in [1.54, 1.807) is 125 Å². The first kappa shape index (κ1) is 121. The van der Waals surface area contributed by atoms with Crippen molar-refractivity contribution in [2.45, 2.75) is 229 Å². The monoisotopic (exact) mass is 2060 g/mol. The summed E-state index contributed by atoms with van der Waals surface area (Å²) in [7, 11) is 4.59. The number of aliphatic hydroxyl groups excluding tert-OH is 3. The normalized spacial score (nSPS) is 12.7. The van der Waals surface area contributed by atoms with Gasteiger partial charge in [0.15, 0.2) is 5.78 Å². The van der Waals surface area contributed by atoms with Gasteiger partial charge in [0.1, 0.15) is 63.4 Å². The van der Waals surface area contributed by atoms with Crippen LogP contribution in [0.1, 0.15) is 259 Å². The van der Waals surface area contributed by atoms with Crippen molar-refractivity contribution in [3.63, 3.8) is 0 Å². The summed E-state index contributed by atoms with van der Waals surface area (Å²) < 4.78 is 112. The molecular formula is C112H141F6N11O19. The molecule has 800 valence electrons. The number of methoxy groups -OCH3 is 3. The first-order chi connectivity index (χ1) is 70.2. The molecule has 9 aromatic carbocycles. The van der Waals surface area contributed by atoms with Crippen molar-refractivity contribution in [1.82, 2.24) is 45.8 Å². The first-order valence-corrected chi connectivity index (χ1v) is 49.3. The Kier molecular flexibility index (Phi) is 48.1. The fraction of sp³-hybridized carbons (Fsp3) is 0.420. The molecule has 6 atom stereocenters. The summed E-state index contributed by atoms with van der Waals surface area (Å²) in [6, 6.07) is 39.8. The number of oxime groups is 2. The van der Waals surface area contributed by atoms with E-state index in [2.05, 4.69) is 31.6 Å². The number of amides is 8. The van der Waals surface area contributed by atoms with E-state index >= 15 is 0 Å². The van der Waals surface area contributed by atoms with Gasteiger partial charge < -0.3 is 95.2 Å². The van der Waals surface area contributed by atoms with Crippen LogP contribution in [0.25, 0.3) is 0 Å². The van der Waals surface area contributed by atoms with Crippen LogP contribution >= 0.6 is 0 Å². The zero-order chi connectivity index (χ0) is 109. The molecule has 0 fully saturated rings. The molecule has 0 heterocycles. The minimum Gasteiger partial charge on any atom is -0.497 e. The summed E-state index contributed by atoms with van der Waals surface area (Å²) in [4.78, 5) is 129. The minimum atomic E-state index is -1.49. The lowest BCUT2D eigenvalue weighted by molar-refractivity contribution is 0.00768. The van der Waals surface area contributed by atoms with Crippen molar-refractivity contribution in [3.8, 4) is 17.2 Å². The first-order valence-electron chi connectivity index (χ1n) is 49.3. The van der Waals surface area contributed by atoms with Crippen molar-refractivity contribution in [3.05, 3.63) is 300 Å². The van der Waals surface area contributed by atoms with Crippen LogP contribution in [0.5, 0.6) is 17.2 Å². The molecule has 0 radical (unpaired) electrons. The van der Waals surface area contributed by atoms with Crippen molar-refractivity contribution in [1.29, 1.82) is 0 Å². The number of hydrogen-bond donors (Lipinski definition) is 9. The molecule has 0 saturated carbocycles. The van der Waals surface area contributed by atoms with E-state index < -0.39 is 112 Å². The molecule has 148 heavy (non-hydrogen) atoms. The van der Waals surface area contributed by atoms with Crippen LogP contribution in [-0.2, 0) is 48.4 Å². The van der Waals surface area contributed by atoms with Gasteiger partial charge in [0, 0.05) is 134 Å². The molecule has 0 unspecified atom stereocenters. The highest BCUT2D eigenvalue weighted by molar-refractivity contribution is 6.08. The van der Waals surface area contributed by atoms with Crippen LogP contribution in [0, 0.1) is 34.9 Å². The lowest BCUT2D eigenvalue weighted by Crippen LogP contribution is -2.51. The Morgan fingerprint density at radius 1 is 0.338 bits per heavy atom. The number of carbonyl (C=O) groups excluding carboxylic acids is 9. The standard InChI is InChI=1S/C39H50F2N4O7.C39H49F2N3O7.C34H42F2N4O5/c1-8-13-44(14-9-2)37(48)30-20-28(25(3)43-50)19-29(21-30)36(47)42-34(18-27-15-31(40)22-32(41)16-27)35(46)24-45(38(49)52-39(4,5)6)23-26-11-10-12-33(17-26)51-7;1-8-13-43(14-9-2)37(48)30-20-28(25(3)45)19-29(21-30)36(47)42-34(18-27-15-31(40)22-32(41)16-27)35(46)24-44(38(49)51-39(4,5)6)23-26-11-10-12-33(17-26)50-7;1-5-10-40(11-6-2)34(43)27-17-25(22(3)39-44)16-26(18-27)33(42)38-31(15-24-12-28(35)19-29(36)13-24)32(41)21-37-20-23-8-7-9-30(14-23)45-4/h10-12,15-17,19-22,34-35,46,50H,8-9,13-14,18,23-24H2,1-7H3,(H,42,47);10-12,15-17,19-22,34-35,46H,8-9,13-14,18,23-24H2,1-7H3,(H,42,47);7-9,12-14,16-19,31-32,37,41,44H,5-6,10-11,15,20-21H2,1-4H3,(H,38,42)/b43-25+;;39-22+/t2*34-,35+;31-,32+/m000/s1. The maximum Gasteiger partial charge on any atom is 0.410 e. The molecule has 0 aliphatic rings. The Bertz CT molecular complexity index is 5960. The van der Waals surface area contributed by atoms with Crippen LogP contribution in [0.2, 0.25) is 0 Å². The molecule has 0 aliphatic heterocycles. The molecule has 9 N–H and O–H groups in total.